The third-order valence-electron chi connectivity index (χ3n) is 4.27. The lowest BCUT2D eigenvalue weighted by molar-refractivity contribution is -0.129. The summed E-state index contributed by atoms with van der Waals surface area (Å²) in [5.41, 5.74) is 2.13. The maximum absolute atomic E-state index is 12.3. The van der Waals surface area contributed by atoms with Gasteiger partial charge in [-0.25, -0.2) is 4.98 Å². The monoisotopic (exact) mass is 331 g/mol. The molecule has 0 atom stereocenters. The van der Waals surface area contributed by atoms with Crippen LogP contribution in [-0.4, -0.2) is 44.4 Å². The Morgan fingerprint density at radius 2 is 2.00 bits per heavy atom. The summed E-state index contributed by atoms with van der Waals surface area (Å²) in [7, 11) is 0. The number of fused-ring (bicyclic) bond motifs is 1. The molecule has 0 radical (unpaired) electrons. The molecule has 1 amide bonds. The van der Waals surface area contributed by atoms with Crippen LogP contribution in [0.5, 0.6) is 0 Å². The van der Waals surface area contributed by atoms with Gasteiger partial charge in [0.15, 0.2) is 0 Å². The van der Waals surface area contributed by atoms with E-state index in [1.54, 1.807) is 11.8 Å². The highest BCUT2D eigenvalue weighted by molar-refractivity contribution is 8.01. The predicted molar refractivity (Wildman–Crippen MR) is 96.9 cm³/mol. The Balaban J connectivity index is 1.56. The number of thioether (sulfide) groups is 1. The topological polar surface area (TPSA) is 49.0 Å². The van der Waals surface area contributed by atoms with Gasteiger partial charge in [-0.15, -0.1) is 11.8 Å². The van der Waals surface area contributed by atoms with Gasteiger partial charge >= 0.3 is 0 Å². The molecule has 1 aliphatic rings. The molecule has 0 unspecified atom stereocenters. The summed E-state index contributed by atoms with van der Waals surface area (Å²) in [5, 5.41) is 0. The number of rotatable bonds is 3. The fraction of sp³-hybridized carbons (Fsp3) is 0.556. The molecule has 0 saturated carbocycles. The Kier molecular flexibility index (Phi) is 4.67. The zero-order valence-electron chi connectivity index (χ0n) is 14.1. The first-order valence-electron chi connectivity index (χ1n) is 8.29. The van der Waals surface area contributed by atoms with Crippen molar-refractivity contribution in [3.05, 3.63) is 30.1 Å². The molecular weight excluding hydrogens is 306 g/mol. The number of aromatic amines is 1. The van der Waals surface area contributed by atoms with Crippen molar-refractivity contribution in [2.24, 2.45) is 0 Å². The van der Waals surface area contributed by atoms with Crippen molar-refractivity contribution in [2.75, 3.05) is 18.8 Å². The predicted octanol–water partition coefficient (Wildman–Crippen LogP) is 3.80. The molecule has 1 N–H and O–H groups in total. The van der Waals surface area contributed by atoms with Gasteiger partial charge in [0.2, 0.25) is 5.91 Å². The number of nitrogens with one attached hydrogen (secondary N) is 1. The number of benzene rings is 1. The summed E-state index contributed by atoms with van der Waals surface area (Å²) in [6, 6.07) is 8.14. The second-order valence-electron chi connectivity index (χ2n) is 7.20. The Morgan fingerprint density at radius 1 is 1.30 bits per heavy atom. The summed E-state index contributed by atoms with van der Waals surface area (Å²) in [6.07, 6.45) is 1.98. The van der Waals surface area contributed by atoms with E-state index in [1.165, 1.54) is 0 Å². The third-order valence-corrected chi connectivity index (χ3v) is 5.53. The first-order chi connectivity index (χ1) is 10.9. The van der Waals surface area contributed by atoms with Crippen molar-refractivity contribution < 1.29 is 4.79 Å². The number of para-hydroxylation sites is 2. The molecule has 2 aromatic rings. The molecule has 1 saturated heterocycles. The minimum absolute atomic E-state index is 0.141. The van der Waals surface area contributed by atoms with Crippen LogP contribution in [0.1, 0.15) is 45.4 Å². The van der Waals surface area contributed by atoms with Crippen LogP contribution in [0.15, 0.2) is 24.3 Å². The zero-order chi connectivity index (χ0) is 16.4. The molecule has 124 valence electrons. The largest absolute Gasteiger partial charge is 0.342 e. The number of hydrogen-bond donors (Lipinski definition) is 1. The van der Waals surface area contributed by atoms with Crippen molar-refractivity contribution in [1.82, 2.24) is 14.9 Å². The number of H-pyrrole nitrogens is 1. The standard InChI is InChI=1S/C18H25N3OS/c1-18(2,3)23-12-16(22)21-10-8-13(9-11-21)17-19-14-6-4-5-7-15(14)20-17/h4-7,13H,8-12H2,1-3H3,(H,19,20). The highest BCUT2D eigenvalue weighted by atomic mass is 32.2. The second kappa shape index (κ2) is 6.56. The Hall–Kier alpha value is -1.49. The quantitative estimate of drug-likeness (QED) is 0.930. The lowest BCUT2D eigenvalue weighted by Crippen LogP contribution is -2.39. The van der Waals surface area contributed by atoms with E-state index < -0.39 is 0 Å². The molecule has 1 aromatic carbocycles. The number of piperidine rings is 1. The van der Waals surface area contributed by atoms with E-state index in [2.05, 4.69) is 31.8 Å². The molecule has 1 aromatic heterocycles. The molecule has 3 rings (SSSR count). The van der Waals surface area contributed by atoms with Gasteiger partial charge in [0.1, 0.15) is 5.82 Å². The van der Waals surface area contributed by atoms with Crippen LogP contribution < -0.4 is 0 Å². The lowest BCUT2D eigenvalue weighted by Gasteiger charge is -2.31. The van der Waals surface area contributed by atoms with E-state index in [4.69, 9.17) is 4.98 Å². The van der Waals surface area contributed by atoms with Gasteiger partial charge in [-0.3, -0.25) is 4.79 Å². The van der Waals surface area contributed by atoms with Crippen LogP contribution in [0.25, 0.3) is 11.0 Å². The van der Waals surface area contributed by atoms with E-state index in [1.807, 2.05) is 23.1 Å². The first-order valence-corrected chi connectivity index (χ1v) is 9.27. The molecule has 23 heavy (non-hydrogen) atoms. The Bertz CT molecular complexity index is 648. The van der Waals surface area contributed by atoms with Crippen LogP contribution in [-0.2, 0) is 4.79 Å². The van der Waals surface area contributed by atoms with E-state index in [9.17, 15) is 4.79 Å². The summed E-state index contributed by atoms with van der Waals surface area (Å²) < 4.78 is 0.141. The number of imidazole rings is 1. The number of nitrogens with zero attached hydrogens (tertiary/aromatic N) is 2. The minimum Gasteiger partial charge on any atom is -0.342 e. The first kappa shape index (κ1) is 16.4. The van der Waals surface area contributed by atoms with Crippen LogP contribution in [0.3, 0.4) is 0 Å². The molecule has 1 fully saturated rings. The molecule has 0 bridgehead atoms. The number of likely N-dealkylation sites (tertiary alicyclic amines) is 1. The SMILES string of the molecule is CC(C)(C)SCC(=O)N1CCC(c2nc3ccccc3[nH]2)CC1. The van der Waals surface area contributed by atoms with Crippen LogP contribution >= 0.6 is 11.8 Å². The fourth-order valence-electron chi connectivity index (χ4n) is 2.94. The molecule has 0 spiro atoms. The van der Waals surface area contributed by atoms with E-state index >= 15 is 0 Å². The van der Waals surface area contributed by atoms with Gasteiger partial charge in [-0.05, 0) is 25.0 Å². The Morgan fingerprint density at radius 3 is 2.65 bits per heavy atom. The molecule has 5 heteroatoms. The van der Waals surface area contributed by atoms with Crippen molar-refractivity contribution in [3.8, 4) is 0 Å². The van der Waals surface area contributed by atoms with Crippen LogP contribution in [0.2, 0.25) is 0 Å². The average molecular weight is 331 g/mol. The summed E-state index contributed by atoms with van der Waals surface area (Å²) >= 11 is 1.73. The number of carbonyl (C=O) groups excluding carboxylic acids is 1. The van der Waals surface area contributed by atoms with Crippen LogP contribution in [0.4, 0.5) is 0 Å². The van der Waals surface area contributed by atoms with Crippen LogP contribution in [0, 0.1) is 0 Å². The second-order valence-corrected chi connectivity index (χ2v) is 9.00. The van der Waals surface area contributed by atoms with Crippen molar-refractivity contribution in [3.63, 3.8) is 0 Å². The van der Waals surface area contributed by atoms with E-state index in [-0.39, 0.29) is 10.7 Å². The molecule has 2 heterocycles. The summed E-state index contributed by atoms with van der Waals surface area (Å²) in [4.78, 5) is 22.5. The highest BCUT2D eigenvalue weighted by Gasteiger charge is 2.26. The van der Waals surface area contributed by atoms with E-state index in [0.29, 0.717) is 11.7 Å². The van der Waals surface area contributed by atoms with Gasteiger partial charge in [0.05, 0.1) is 16.8 Å². The maximum atomic E-state index is 12.3. The highest BCUT2D eigenvalue weighted by Crippen LogP contribution is 2.29. The lowest BCUT2D eigenvalue weighted by atomic mass is 9.96. The summed E-state index contributed by atoms with van der Waals surface area (Å²) in [6.45, 7) is 8.13. The van der Waals surface area contributed by atoms with Gasteiger partial charge in [-0.2, -0.15) is 0 Å². The minimum atomic E-state index is 0.141. The van der Waals surface area contributed by atoms with Gasteiger partial charge in [-0.1, -0.05) is 32.9 Å². The number of amides is 1. The third kappa shape index (κ3) is 4.08. The number of hydrogen-bond acceptors (Lipinski definition) is 3. The van der Waals surface area contributed by atoms with Crippen molar-refractivity contribution in [1.29, 1.82) is 0 Å². The molecule has 1 aliphatic heterocycles. The zero-order valence-corrected chi connectivity index (χ0v) is 14.9. The average Bonchev–Trinajstić information content (AvgIpc) is 2.96. The molecule has 0 aliphatic carbocycles. The van der Waals surface area contributed by atoms with Gasteiger partial charge in [0.25, 0.3) is 0 Å². The Labute approximate surface area is 142 Å². The number of carbonyl (C=O) groups is 1. The fourth-order valence-corrected chi connectivity index (χ4v) is 3.68. The maximum Gasteiger partial charge on any atom is 0.232 e. The van der Waals surface area contributed by atoms with E-state index in [0.717, 1.165) is 42.8 Å². The normalized spacial score (nSPS) is 16.9. The smallest absolute Gasteiger partial charge is 0.232 e. The van der Waals surface area contributed by atoms with Gasteiger partial charge in [0, 0.05) is 23.8 Å². The number of aromatic nitrogens is 2. The van der Waals surface area contributed by atoms with Crippen molar-refractivity contribution >= 4 is 28.7 Å². The van der Waals surface area contributed by atoms with Gasteiger partial charge < -0.3 is 9.88 Å². The van der Waals surface area contributed by atoms with Crippen molar-refractivity contribution in [2.45, 2.75) is 44.3 Å². The molecule has 4 nitrogen and oxygen atoms in total. The molecular formula is C18H25N3OS. The summed E-state index contributed by atoms with van der Waals surface area (Å²) in [5.74, 6) is 2.36.